The lowest BCUT2D eigenvalue weighted by Gasteiger charge is -2.28. The van der Waals surface area contributed by atoms with Gasteiger partial charge in [0, 0.05) is 13.1 Å². The predicted octanol–water partition coefficient (Wildman–Crippen LogP) is 0.954. The zero-order chi connectivity index (χ0) is 13.0. The molecule has 0 atom stereocenters. The first-order valence-electron chi connectivity index (χ1n) is 6.07. The molecule has 6 heteroatoms. The Hall–Kier alpha value is -1.27. The Morgan fingerprint density at radius 3 is 2.56 bits per heavy atom. The van der Waals surface area contributed by atoms with Crippen LogP contribution in [0.25, 0.3) is 0 Å². The summed E-state index contributed by atoms with van der Waals surface area (Å²) in [6.45, 7) is 1.48. The number of nitrogens with two attached hydrogens (primary N) is 1. The molecule has 2 N–H and O–H groups in total. The normalized spacial score (nSPS) is 18.6. The van der Waals surface area contributed by atoms with Crippen LogP contribution >= 0.6 is 0 Å². The van der Waals surface area contributed by atoms with Crippen molar-refractivity contribution in [2.24, 2.45) is 5.73 Å². The topological polar surface area (TPSA) is 72.6 Å². The minimum atomic E-state index is -3.13. The van der Waals surface area contributed by atoms with Gasteiger partial charge in [0.05, 0.1) is 11.4 Å². The molecule has 0 amide bonds. The zero-order valence-corrected chi connectivity index (χ0v) is 11.0. The van der Waals surface area contributed by atoms with Crippen LogP contribution in [0, 0.1) is 0 Å². The highest BCUT2D eigenvalue weighted by molar-refractivity contribution is 7.92. The van der Waals surface area contributed by atoms with Gasteiger partial charge in [-0.25, -0.2) is 8.42 Å². The van der Waals surface area contributed by atoms with Crippen molar-refractivity contribution in [1.29, 1.82) is 0 Å². The molecule has 0 spiro atoms. The number of hydrogen-bond donors (Lipinski definition) is 1. The molecular weight excluding hydrogens is 252 g/mol. The molecule has 0 aliphatic carbocycles. The van der Waals surface area contributed by atoms with Crippen molar-refractivity contribution in [3.63, 3.8) is 0 Å². The molecule has 1 heterocycles. The summed E-state index contributed by atoms with van der Waals surface area (Å²) in [7, 11) is -3.13. The molecule has 100 valence electrons. The number of anilines is 1. The molecule has 5 nitrogen and oxygen atoms in total. The molecule has 18 heavy (non-hydrogen) atoms. The molecule has 0 bridgehead atoms. The fourth-order valence-electron chi connectivity index (χ4n) is 1.96. The minimum Gasteiger partial charge on any atom is -0.492 e. The van der Waals surface area contributed by atoms with Gasteiger partial charge in [0.1, 0.15) is 12.4 Å². The zero-order valence-electron chi connectivity index (χ0n) is 10.2. The van der Waals surface area contributed by atoms with Gasteiger partial charge in [-0.15, -0.1) is 0 Å². The fourth-order valence-corrected chi connectivity index (χ4v) is 3.60. The molecule has 0 saturated carbocycles. The van der Waals surface area contributed by atoms with E-state index in [1.807, 2.05) is 0 Å². The quantitative estimate of drug-likeness (QED) is 0.884. The molecule has 1 aliphatic heterocycles. The standard InChI is InChI=1S/C12H18N2O3S/c13-7-9-17-12-5-3-11(4-6-12)14-8-1-2-10-18(14,15)16/h3-6H,1-2,7-10,13H2. The third-order valence-corrected chi connectivity index (χ3v) is 4.73. The maximum Gasteiger partial charge on any atom is 0.235 e. The van der Waals surface area contributed by atoms with Crippen LogP contribution in [0.15, 0.2) is 24.3 Å². The number of sulfonamides is 1. The van der Waals surface area contributed by atoms with Crippen LogP contribution < -0.4 is 14.8 Å². The van der Waals surface area contributed by atoms with Gasteiger partial charge in [-0.2, -0.15) is 0 Å². The van der Waals surface area contributed by atoms with Crippen LogP contribution in [0.3, 0.4) is 0 Å². The van der Waals surface area contributed by atoms with Crippen molar-refractivity contribution in [2.45, 2.75) is 12.8 Å². The lowest BCUT2D eigenvalue weighted by Crippen LogP contribution is -2.37. The first-order chi connectivity index (χ1) is 8.63. The third kappa shape index (κ3) is 2.94. The van der Waals surface area contributed by atoms with Crippen LogP contribution in [0.2, 0.25) is 0 Å². The van der Waals surface area contributed by atoms with Crippen LogP contribution in [0.4, 0.5) is 5.69 Å². The van der Waals surface area contributed by atoms with Gasteiger partial charge < -0.3 is 10.5 Å². The van der Waals surface area contributed by atoms with Crippen LogP contribution in [-0.2, 0) is 10.0 Å². The summed E-state index contributed by atoms with van der Waals surface area (Å²) in [4.78, 5) is 0. The molecule has 0 aromatic heterocycles. The Kier molecular flexibility index (Phi) is 4.08. The SMILES string of the molecule is NCCOc1ccc(N2CCCCS2(=O)=O)cc1. The number of ether oxygens (including phenoxy) is 1. The van der Waals surface area contributed by atoms with E-state index in [1.165, 1.54) is 4.31 Å². The molecule has 1 fully saturated rings. The largest absolute Gasteiger partial charge is 0.492 e. The molecule has 0 radical (unpaired) electrons. The first-order valence-corrected chi connectivity index (χ1v) is 7.68. The van der Waals surface area contributed by atoms with Crippen molar-refractivity contribution in [3.8, 4) is 5.75 Å². The second kappa shape index (κ2) is 5.58. The van der Waals surface area contributed by atoms with Gasteiger partial charge in [0.25, 0.3) is 0 Å². The summed E-state index contributed by atoms with van der Waals surface area (Å²) >= 11 is 0. The highest BCUT2D eigenvalue weighted by Crippen LogP contribution is 2.25. The average Bonchev–Trinajstić information content (AvgIpc) is 2.37. The van der Waals surface area contributed by atoms with E-state index in [0.29, 0.717) is 31.1 Å². The molecule has 2 rings (SSSR count). The molecule has 0 unspecified atom stereocenters. The molecule has 1 aliphatic rings. The molecule has 1 saturated heterocycles. The van der Waals surface area contributed by atoms with E-state index in [9.17, 15) is 8.42 Å². The number of nitrogens with zero attached hydrogens (tertiary/aromatic N) is 1. The van der Waals surface area contributed by atoms with Gasteiger partial charge in [0.2, 0.25) is 10.0 Å². The van der Waals surface area contributed by atoms with Crippen LogP contribution in [0.5, 0.6) is 5.75 Å². The van der Waals surface area contributed by atoms with Gasteiger partial charge in [-0.05, 0) is 37.1 Å². The highest BCUT2D eigenvalue weighted by Gasteiger charge is 2.25. The smallest absolute Gasteiger partial charge is 0.235 e. The fraction of sp³-hybridized carbons (Fsp3) is 0.500. The summed E-state index contributed by atoms with van der Waals surface area (Å²) in [6.07, 6.45) is 1.65. The van der Waals surface area contributed by atoms with Gasteiger partial charge in [-0.1, -0.05) is 0 Å². The molecular formula is C12H18N2O3S. The van der Waals surface area contributed by atoms with Gasteiger partial charge in [0.15, 0.2) is 0 Å². The summed E-state index contributed by atoms with van der Waals surface area (Å²) in [5.41, 5.74) is 6.05. The highest BCUT2D eigenvalue weighted by atomic mass is 32.2. The van der Waals surface area contributed by atoms with E-state index in [1.54, 1.807) is 24.3 Å². The van der Waals surface area contributed by atoms with Crippen molar-refractivity contribution < 1.29 is 13.2 Å². The lowest BCUT2D eigenvalue weighted by atomic mass is 10.2. The maximum absolute atomic E-state index is 11.9. The van der Waals surface area contributed by atoms with E-state index in [4.69, 9.17) is 10.5 Å². The molecule has 1 aromatic carbocycles. The van der Waals surface area contributed by atoms with Crippen molar-refractivity contribution in [3.05, 3.63) is 24.3 Å². The second-order valence-electron chi connectivity index (χ2n) is 4.23. The Labute approximate surface area is 108 Å². The number of rotatable bonds is 4. The maximum atomic E-state index is 11.9. The van der Waals surface area contributed by atoms with E-state index >= 15 is 0 Å². The van der Waals surface area contributed by atoms with Crippen molar-refractivity contribution >= 4 is 15.7 Å². The van der Waals surface area contributed by atoms with Gasteiger partial charge in [-0.3, -0.25) is 4.31 Å². The summed E-state index contributed by atoms with van der Waals surface area (Å²) < 4.78 is 30.7. The van der Waals surface area contributed by atoms with Gasteiger partial charge >= 0.3 is 0 Å². The minimum absolute atomic E-state index is 0.235. The Bertz CT molecular complexity index is 485. The Balaban J connectivity index is 2.13. The summed E-state index contributed by atoms with van der Waals surface area (Å²) in [6, 6.07) is 7.09. The predicted molar refractivity (Wildman–Crippen MR) is 71.4 cm³/mol. The summed E-state index contributed by atoms with van der Waals surface area (Å²) in [5, 5.41) is 0. The van der Waals surface area contributed by atoms with E-state index in [0.717, 1.165) is 12.8 Å². The lowest BCUT2D eigenvalue weighted by molar-refractivity contribution is 0.328. The summed E-state index contributed by atoms with van der Waals surface area (Å²) in [5.74, 6) is 0.942. The second-order valence-corrected chi connectivity index (χ2v) is 6.24. The third-order valence-electron chi connectivity index (χ3n) is 2.86. The van der Waals surface area contributed by atoms with Crippen LogP contribution in [-0.4, -0.2) is 33.9 Å². The van der Waals surface area contributed by atoms with Crippen LogP contribution in [0.1, 0.15) is 12.8 Å². The van der Waals surface area contributed by atoms with E-state index in [2.05, 4.69) is 0 Å². The monoisotopic (exact) mass is 270 g/mol. The Morgan fingerprint density at radius 1 is 1.22 bits per heavy atom. The number of benzene rings is 1. The first kappa shape index (κ1) is 13.2. The van der Waals surface area contributed by atoms with Crippen molar-refractivity contribution in [2.75, 3.05) is 29.8 Å². The average molecular weight is 270 g/mol. The Morgan fingerprint density at radius 2 is 1.94 bits per heavy atom. The molecule has 1 aromatic rings. The number of hydrogen-bond acceptors (Lipinski definition) is 4. The van der Waals surface area contributed by atoms with E-state index in [-0.39, 0.29) is 5.75 Å². The van der Waals surface area contributed by atoms with E-state index < -0.39 is 10.0 Å². The van der Waals surface area contributed by atoms with Crippen molar-refractivity contribution in [1.82, 2.24) is 0 Å².